The van der Waals surface area contributed by atoms with Crippen molar-refractivity contribution in [1.82, 2.24) is 4.57 Å². The third-order valence-corrected chi connectivity index (χ3v) is 2.48. The van der Waals surface area contributed by atoms with Crippen molar-refractivity contribution in [2.75, 3.05) is 0 Å². The second kappa shape index (κ2) is 4.70. The minimum absolute atomic E-state index is 0.303. The van der Waals surface area contributed by atoms with Crippen LogP contribution in [0.3, 0.4) is 0 Å². The highest BCUT2D eigenvalue weighted by molar-refractivity contribution is 6.20. The van der Waals surface area contributed by atoms with Gasteiger partial charge < -0.3 is 9.67 Å². The van der Waals surface area contributed by atoms with E-state index in [4.69, 9.17) is 0 Å². The Hall–Kier alpha value is -2.29. The second-order valence-corrected chi connectivity index (χ2v) is 3.84. The summed E-state index contributed by atoms with van der Waals surface area (Å²) in [5.74, 6) is -0.917. The number of hydrogen-bond acceptors (Lipinski definition) is 1. The second-order valence-electron chi connectivity index (χ2n) is 3.84. The van der Waals surface area contributed by atoms with E-state index < -0.39 is 5.97 Å². The molecule has 0 atom stereocenters. The highest BCUT2D eigenvalue weighted by Gasteiger charge is 2.09. The Bertz CT molecular complexity index is 553. The molecule has 0 aliphatic carbocycles. The fraction of sp³-hybridized carbons (Fsp3) is 0.0714. The average Bonchev–Trinajstić information content (AvgIpc) is 2.73. The minimum Gasteiger partial charge on any atom is -0.478 e. The summed E-state index contributed by atoms with van der Waals surface area (Å²) in [5.41, 5.74) is 1.90. The van der Waals surface area contributed by atoms with Gasteiger partial charge in [0.25, 0.3) is 0 Å². The molecule has 86 valence electrons. The predicted octanol–water partition coefficient (Wildman–Crippen LogP) is 2.65. The molecular weight excluding hydrogens is 214 g/mol. The molecule has 0 aliphatic rings. The molecule has 1 N–H and O–H groups in total. The summed E-state index contributed by atoms with van der Waals surface area (Å²) in [5, 5.41) is 9.22. The lowest BCUT2D eigenvalue weighted by Crippen LogP contribution is -1.99. The van der Waals surface area contributed by atoms with E-state index in [1.54, 1.807) is 18.2 Å². The minimum atomic E-state index is -0.917. The normalized spacial score (nSPS) is 11.5. The highest BCUT2D eigenvalue weighted by Crippen LogP contribution is 2.18. The topological polar surface area (TPSA) is 42.2 Å². The molecule has 0 saturated carbocycles. The molecule has 0 fully saturated rings. The molecule has 0 bridgehead atoms. The van der Waals surface area contributed by atoms with Crippen LogP contribution >= 0.6 is 0 Å². The van der Waals surface area contributed by atoms with Crippen LogP contribution < -0.4 is 0 Å². The van der Waals surface area contributed by atoms with E-state index >= 15 is 0 Å². The lowest BCUT2D eigenvalue weighted by Gasteiger charge is -2.01. The number of hydrogen-bond donors (Lipinski definition) is 1. The monoisotopic (exact) mass is 227 g/mol. The summed E-state index contributed by atoms with van der Waals surface area (Å²) in [6.07, 6.45) is 5.44. The van der Waals surface area contributed by atoms with Gasteiger partial charge in [0.05, 0.1) is 5.57 Å². The molecule has 1 heterocycles. The average molecular weight is 227 g/mol. The van der Waals surface area contributed by atoms with Crippen molar-refractivity contribution in [3.63, 3.8) is 0 Å². The van der Waals surface area contributed by atoms with Gasteiger partial charge in [-0.05, 0) is 23.3 Å². The predicted molar refractivity (Wildman–Crippen MR) is 67.4 cm³/mol. The molecule has 17 heavy (non-hydrogen) atoms. The Morgan fingerprint density at radius 1 is 1.24 bits per heavy atom. The van der Waals surface area contributed by atoms with E-state index in [2.05, 4.69) is 0 Å². The van der Waals surface area contributed by atoms with E-state index in [0.717, 1.165) is 5.56 Å². The number of aromatic nitrogens is 1. The molecule has 1 aromatic carbocycles. The Labute approximate surface area is 99.6 Å². The molecule has 2 rings (SSSR count). The van der Waals surface area contributed by atoms with Crippen molar-refractivity contribution in [2.45, 2.75) is 0 Å². The Morgan fingerprint density at radius 3 is 2.47 bits per heavy atom. The van der Waals surface area contributed by atoms with Crippen molar-refractivity contribution in [3.05, 3.63) is 59.9 Å². The van der Waals surface area contributed by atoms with Crippen LogP contribution in [0.2, 0.25) is 0 Å². The number of carbonyl (C=O) groups is 1. The standard InChI is InChI=1S/C14H13NO2/c1-15-8-7-11(10-15)9-13(14(16)17)12-5-3-2-4-6-12/h2-10H,1H3,(H,16,17). The maximum atomic E-state index is 11.2. The summed E-state index contributed by atoms with van der Waals surface area (Å²) in [7, 11) is 1.90. The fourth-order valence-corrected chi connectivity index (χ4v) is 1.66. The summed E-state index contributed by atoms with van der Waals surface area (Å²) in [4.78, 5) is 11.2. The number of benzene rings is 1. The van der Waals surface area contributed by atoms with Gasteiger partial charge in [0, 0.05) is 19.4 Å². The van der Waals surface area contributed by atoms with Gasteiger partial charge in [-0.1, -0.05) is 30.3 Å². The van der Waals surface area contributed by atoms with Crippen LogP contribution in [0.1, 0.15) is 11.1 Å². The number of aliphatic carboxylic acids is 1. The van der Waals surface area contributed by atoms with Gasteiger partial charge in [0.15, 0.2) is 0 Å². The van der Waals surface area contributed by atoms with E-state index in [0.29, 0.717) is 11.1 Å². The van der Waals surface area contributed by atoms with Crippen LogP contribution in [-0.4, -0.2) is 15.6 Å². The maximum absolute atomic E-state index is 11.2. The first-order valence-electron chi connectivity index (χ1n) is 5.29. The zero-order valence-electron chi connectivity index (χ0n) is 9.50. The van der Waals surface area contributed by atoms with Crippen LogP contribution in [-0.2, 0) is 11.8 Å². The molecule has 0 saturated heterocycles. The summed E-state index contributed by atoms with van der Waals surface area (Å²) in [6, 6.07) is 11.0. The van der Waals surface area contributed by atoms with E-state index in [-0.39, 0.29) is 0 Å². The smallest absolute Gasteiger partial charge is 0.336 e. The molecule has 0 spiro atoms. The van der Waals surface area contributed by atoms with Gasteiger partial charge in [-0.25, -0.2) is 4.79 Å². The third kappa shape index (κ3) is 2.64. The number of carboxylic acid groups (broad SMARTS) is 1. The summed E-state index contributed by atoms with van der Waals surface area (Å²) >= 11 is 0. The molecule has 0 radical (unpaired) electrons. The molecule has 3 heteroatoms. The first-order valence-corrected chi connectivity index (χ1v) is 5.29. The molecular formula is C14H13NO2. The Balaban J connectivity index is 2.43. The van der Waals surface area contributed by atoms with Crippen LogP contribution in [0.15, 0.2) is 48.8 Å². The first-order chi connectivity index (χ1) is 8.16. The van der Waals surface area contributed by atoms with E-state index in [9.17, 15) is 9.90 Å². The lowest BCUT2D eigenvalue weighted by atomic mass is 10.0. The SMILES string of the molecule is Cn1ccc(C=C(C(=O)O)c2ccccc2)c1. The van der Waals surface area contributed by atoms with E-state index in [1.807, 2.05) is 48.3 Å². The Morgan fingerprint density at radius 2 is 1.94 bits per heavy atom. The summed E-state index contributed by atoms with van der Waals surface area (Å²) in [6.45, 7) is 0. The van der Waals surface area contributed by atoms with Gasteiger partial charge >= 0.3 is 5.97 Å². The molecule has 0 aliphatic heterocycles. The molecule has 0 amide bonds. The quantitative estimate of drug-likeness (QED) is 0.819. The number of aryl methyl sites for hydroxylation is 1. The molecule has 2 aromatic rings. The number of rotatable bonds is 3. The van der Waals surface area contributed by atoms with Crippen LogP contribution in [0.4, 0.5) is 0 Å². The maximum Gasteiger partial charge on any atom is 0.336 e. The highest BCUT2D eigenvalue weighted by atomic mass is 16.4. The molecule has 1 aromatic heterocycles. The number of carboxylic acids is 1. The van der Waals surface area contributed by atoms with Crippen molar-refractivity contribution >= 4 is 17.6 Å². The van der Waals surface area contributed by atoms with Gasteiger partial charge in [-0.2, -0.15) is 0 Å². The van der Waals surface area contributed by atoms with Gasteiger partial charge in [0.1, 0.15) is 0 Å². The fourth-order valence-electron chi connectivity index (χ4n) is 1.66. The largest absolute Gasteiger partial charge is 0.478 e. The third-order valence-electron chi connectivity index (χ3n) is 2.48. The summed E-state index contributed by atoms with van der Waals surface area (Å²) < 4.78 is 1.89. The van der Waals surface area contributed by atoms with Gasteiger partial charge in [0.2, 0.25) is 0 Å². The van der Waals surface area contributed by atoms with Crippen LogP contribution in [0.25, 0.3) is 11.6 Å². The van der Waals surface area contributed by atoms with Crippen LogP contribution in [0, 0.1) is 0 Å². The van der Waals surface area contributed by atoms with Crippen molar-refractivity contribution in [1.29, 1.82) is 0 Å². The van der Waals surface area contributed by atoms with Crippen molar-refractivity contribution in [2.24, 2.45) is 7.05 Å². The molecule has 3 nitrogen and oxygen atoms in total. The van der Waals surface area contributed by atoms with Gasteiger partial charge in [-0.15, -0.1) is 0 Å². The lowest BCUT2D eigenvalue weighted by molar-refractivity contribution is -0.130. The zero-order valence-corrected chi connectivity index (χ0v) is 9.50. The van der Waals surface area contributed by atoms with Crippen molar-refractivity contribution < 1.29 is 9.90 Å². The van der Waals surface area contributed by atoms with Crippen molar-refractivity contribution in [3.8, 4) is 0 Å². The molecule has 0 unspecified atom stereocenters. The first kappa shape index (κ1) is 11.2. The Kier molecular flexibility index (Phi) is 3.10. The van der Waals surface area contributed by atoms with Crippen LogP contribution in [0.5, 0.6) is 0 Å². The van der Waals surface area contributed by atoms with E-state index in [1.165, 1.54) is 0 Å². The number of nitrogens with zero attached hydrogens (tertiary/aromatic N) is 1. The van der Waals surface area contributed by atoms with Gasteiger partial charge in [-0.3, -0.25) is 0 Å². The zero-order chi connectivity index (χ0) is 12.3.